The zero-order chi connectivity index (χ0) is 21.9. The molecule has 5 nitrogen and oxygen atoms in total. The van der Waals surface area contributed by atoms with E-state index < -0.39 is 8.32 Å². The van der Waals surface area contributed by atoms with Gasteiger partial charge >= 0.3 is 0 Å². The lowest BCUT2D eigenvalue weighted by Crippen LogP contribution is -2.41. The molecule has 30 heavy (non-hydrogen) atoms. The third-order valence-electron chi connectivity index (χ3n) is 5.91. The van der Waals surface area contributed by atoms with Crippen molar-refractivity contribution in [3.63, 3.8) is 0 Å². The zero-order valence-electron chi connectivity index (χ0n) is 18.9. The largest absolute Gasteiger partial charge is 0.474 e. The van der Waals surface area contributed by atoms with Crippen molar-refractivity contribution in [2.75, 3.05) is 30.4 Å². The van der Waals surface area contributed by atoms with Crippen LogP contribution in [0.2, 0.25) is 18.1 Å². The van der Waals surface area contributed by atoms with Gasteiger partial charge in [0.25, 0.3) is 0 Å². The SMILES string of the molecule is CC1COc2nc(NCCO[Si](C)(C)C(C)(C)C)c(Cc3ccc(F)cc3)cc2N1. The number of anilines is 2. The van der Waals surface area contributed by atoms with Crippen molar-refractivity contribution in [3.8, 4) is 5.88 Å². The van der Waals surface area contributed by atoms with Gasteiger partial charge in [0.1, 0.15) is 18.2 Å². The molecule has 164 valence electrons. The fraction of sp³-hybridized carbons (Fsp3) is 0.522. The van der Waals surface area contributed by atoms with Crippen LogP contribution in [0.25, 0.3) is 0 Å². The molecule has 0 saturated carbocycles. The Morgan fingerprint density at radius 1 is 1.27 bits per heavy atom. The van der Waals surface area contributed by atoms with Crippen LogP contribution in [0, 0.1) is 5.82 Å². The van der Waals surface area contributed by atoms with Gasteiger partial charge in [0.15, 0.2) is 8.32 Å². The van der Waals surface area contributed by atoms with Crippen LogP contribution in [-0.4, -0.2) is 39.1 Å². The van der Waals surface area contributed by atoms with Crippen molar-refractivity contribution >= 4 is 19.8 Å². The predicted octanol–water partition coefficient (Wildman–Crippen LogP) is 5.44. The highest BCUT2D eigenvalue weighted by Crippen LogP contribution is 2.36. The second-order valence-corrected chi connectivity index (χ2v) is 14.4. The summed E-state index contributed by atoms with van der Waals surface area (Å²) >= 11 is 0. The minimum atomic E-state index is -1.78. The smallest absolute Gasteiger partial charge is 0.239 e. The number of ether oxygens (including phenoxy) is 1. The zero-order valence-corrected chi connectivity index (χ0v) is 19.9. The van der Waals surface area contributed by atoms with E-state index in [1.165, 1.54) is 12.1 Å². The minimum Gasteiger partial charge on any atom is -0.474 e. The van der Waals surface area contributed by atoms with Gasteiger partial charge in [-0.15, -0.1) is 0 Å². The summed E-state index contributed by atoms with van der Waals surface area (Å²) in [7, 11) is -1.78. The molecule has 0 radical (unpaired) electrons. The Morgan fingerprint density at radius 2 is 1.97 bits per heavy atom. The van der Waals surface area contributed by atoms with Crippen molar-refractivity contribution in [3.05, 3.63) is 47.3 Å². The van der Waals surface area contributed by atoms with Gasteiger partial charge in [-0.25, -0.2) is 4.39 Å². The molecule has 3 rings (SSSR count). The molecule has 1 aromatic heterocycles. The molecule has 0 saturated heterocycles. The molecule has 0 amide bonds. The second-order valence-electron chi connectivity index (χ2n) is 9.54. The molecule has 1 atom stereocenters. The lowest BCUT2D eigenvalue weighted by atomic mass is 10.0. The van der Waals surface area contributed by atoms with Crippen LogP contribution in [0.15, 0.2) is 30.3 Å². The summed E-state index contributed by atoms with van der Waals surface area (Å²) < 4.78 is 25.4. The third kappa shape index (κ3) is 5.52. The molecule has 7 heteroatoms. The average Bonchev–Trinajstić information content (AvgIpc) is 2.66. The molecule has 1 aliphatic rings. The standard InChI is InChI=1S/C23H34FN3O2Si/c1-16-15-28-22-20(26-16)14-18(13-17-7-9-19(24)10-8-17)21(27-22)25-11-12-29-30(5,6)23(2,3)4/h7-10,14,16,26H,11-13,15H2,1-6H3,(H,25,27). The minimum absolute atomic E-state index is 0.182. The molecule has 2 aromatic rings. The summed E-state index contributed by atoms with van der Waals surface area (Å²) in [6, 6.07) is 8.92. The second kappa shape index (κ2) is 8.94. The molecule has 0 fully saturated rings. The highest BCUT2D eigenvalue weighted by atomic mass is 28.4. The molecule has 0 spiro atoms. The van der Waals surface area contributed by atoms with Crippen molar-refractivity contribution in [2.24, 2.45) is 0 Å². The lowest BCUT2D eigenvalue weighted by Gasteiger charge is -2.36. The molecule has 1 unspecified atom stereocenters. The Bertz CT molecular complexity index is 866. The van der Waals surface area contributed by atoms with Gasteiger partial charge in [0, 0.05) is 18.5 Å². The maximum absolute atomic E-state index is 13.3. The average molecular weight is 432 g/mol. The van der Waals surface area contributed by atoms with Crippen LogP contribution < -0.4 is 15.4 Å². The molecular weight excluding hydrogens is 397 g/mol. The molecule has 1 aromatic carbocycles. The van der Waals surface area contributed by atoms with Crippen LogP contribution in [-0.2, 0) is 10.8 Å². The predicted molar refractivity (Wildman–Crippen MR) is 124 cm³/mol. The number of nitrogens with zero attached hydrogens (tertiary/aromatic N) is 1. The van der Waals surface area contributed by atoms with Crippen LogP contribution in [0.3, 0.4) is 0 Å². The number of hydrogen-bond acceptors (Lipinski definition) is 5. The lowest BCUT2D eigenvalue weighted by molar-refractivity contribution is 0.280. The van der Waals surface area contributed by atoms with Crippen molar-refractivity contribution in [2.45, 2.75) is 58.3 Å². The van der Waals surface area contributed by atoms with Gasteiger partial charge in [0.2, 0.25) is 5.88 Å². The van der Waals surface area contributed by atoms with Crippen LogP contribution >= 0.6 is 0 Å². The van der Waals surface area contributed by atoms with E-state index in [1.54, 1.807) is 0 Å². The maximum Gasteiger partial charge on any atom is 0.239 e. The van der Waals surface area contributed by atoms with Gasteiger partial charge in [0.05, 0.1) is 18.3 Å². The number of halogens is 1. The number of benzene rings is 1. The van der Waals surface area contributed by atoms with Crippen molar-refractivity contribution in [1.82, 2.24) is 4.98 Å². The van der Waals surface area contributed by atoms with Crippen molar-refractivity contribution < 1.29 is 13.6 Å². The maximum atomic E-state index is 13.3. The molecule has 2 heterocycles. The van der Waals surface area contributed by atoms with Gasteiger partial charge in [-0.2, -0.15) is 4.98 Å². The van der Waals surface area contributed by atoms with Gasteiger partial charge < -0.3 is 19.8 Å². The Hall–Kier alpha value is -2.12. The van der Waals surface area contributed by atoms with E-state index in [9.17, 15) is 4.39 Å². The van der Waals surface area contributed by atoms with Gasteiger partial charge in [-0.1, -0.05) is 32.9 Å². The van der Waals surface area contributed by atoms with E-state index in [-0.39, 0.29) is 16.9 Å². The number of pyridine rings is 1. The summed E-state index contributed by atoms with van der Waals surface area (Å²) in [6.07, 6.45) is 0.655. The Balaban J connectivity index is 1.75. The highest BCUT2D eigenvalue weighted by Gasteiger charge is 2.36. The summed E-state index contributed by atoms with van der Waals surface area (Å²) in [5, 5.41) is 7.05. The Labute approximate surface area is 180 Å². The normalized spacial score (nSPS) is 16.4. The van der Waals surface area contributed by atoms with E-state index >= 15 is 0 Å². The third-order valence-corrected chi connectivity index (χ3v) is 10.4. The Morgan fingerprint density at radius 3 is 2.63 bits per heavy atom. The number of nitrogens with one attached hydrogen (secondary N) is 2. The van der Waals surface area contributed by atoms with E-state index in [4.69, 9.17) is 14.1 Å². The molecule has 0 aliphatic carbocycles. The van der Waals surface area contributed by atoms with Crippen LogP contribution in [0.1, 0.15) is 38.8 Å². The number of aromatic nitrogens is 1. The van der Waals surface area contributed by atoms with Crippen LogP contribution in [0.4, 0.5) is 15.9 Å². The highest BCUT2D eigenvalue weighted by molar-refractivity contribution is 6.74. The first-order valence-corrected chi connectivity index (χ1v) is 13.5. The fourth-order valence-corrected chi connectivity index (χ4v) is 4.11. The van der Waals surface area contributed by atoms with Gasteiger partial charge in [-0.05, 0) is 48.8 Å². The topological polar surface area (TPSA) is 55.4 Å². The first-order chi connectivity index (χ1) is 14.0. The summed E-state index contributed by atoms with van der Waals surface area (Å²) in [4.78, 5) is 4.73. The fourth-order valence-electron chi connectivity index (χ4n) is 3.06. The quantitative estimate of drug-likeness (QED) is 0.452. The molecule has 0 bridgehead atoms. The first kappa shape index (κ1) is 22.6. The number of fused-ring (bicyclic) bond motifs is 1. The van der Waals surface area contributed by atoms with E-state index in [2.05, 4.69) is 57.5 Å². The summed E-state index contributed by atoms with van der Waals surface area (Å²) in [5.74, 6) is 1.17. The molecular formula is C23H34FN3O2Si. The number of rotatable bonds is 7. The molecule has 1 aliphatic heterocycles. The first-order valence-electron chi connectivity index (χ1n) is 10.6. The van der Waals surface area contributed by atoms with Crippen molar-refractivity contribution in [1.29, 1.82) is 0 Å². The van der Waals surface area contributed by atoms with Gasteiger partial charge in [-0.3, -0.25) is 0 Å². The monoisotopic (exact) mass is 431 g/mol. The van der Waals surface area contributed by atoms with E-state index in [0.717, 1.165) is 22.6 Å². The van der Waals surface area contributed by atoms with Crippen LogP contribution in [0.5, 0.6) is 5.88 Å². The molecule has 2 N–H and O–H groups in total. The Kier molecular flexibility index (Phi) is 6.72. The van der Waals surface area contributed by atoms with E-state index in [0.29, 0.717) is 32.1 Å². The summed E-state index contributed by atoms with van der Waals surface area (Å²) in [6.45, 7) is 15.2. The summed E-state index contributed by atoms with van der Waals surface area (Å²) in [5.41, 5.74) is 2.97. The van der Waals surface area contributed by atoms with E-state index in [1.807, 2.05) is 12.1 Å². The number of hydrogen-bond donors (Lipinski definition) is 2.